The van der Waals surface area contributed by atoms with Crippen LogP contribution in [0, 0.1) is 11.8 Å². The lowest BCUT2D eigenvalue weighted by molar-refractivity contribution is -0.313. The molecule has 0 aliphatic carbocycles. The summed E-state index contributed by atoms with van der Waals surface area (Å²) in [5.74, 6) is 0.702. The summed E-state index contributed by atoms with van der Waals surface area (Å²) in [7, 11) is 5.74. The maximum Gasteiger partial charge on any atom is 0.229 e. The maximum absolute atomic E-state index is 11.3. The van der Waals surface area contributed by atoms with E-state index in [2.05, 4.69) is 0 Å². The van der Waals surface area contributed by atoms with Crippen LogP contribution in [0.25, 0.3) is 0 Å². The number of methoxy groups -OCH3 is 4. The number of rotatable bonds is 12. The van der Waals surface area contributed by atoms with Crippen molar-refractivity contribution in [2.45, 2.75) is 60.9 Å². The summed E-state index contributed by atoms with van der Waals surface area (Å²) in [6, 6.07) is 6.83. The predicted octanol–water partition coefficient (Wildman–Crippen LogP) is -0.855. The summed E-state index contributed by atoms with van der Waals surface area (Å²) < 4.78 is 57.3. The van der Waals surface area contributed by atoms with Gasteiger partial charge in [-0.2, -0.15) is 0 Å². The summed E-state index contributed by atoms with van der Waals surface area (Å²) in [4.78, 5) is 0. The van der Waals surface area contributed by atoms with Crippen LogP contribution in [0.15, 0.2) is 24.3 Å². The van der Waals surface area contributed by atoms with Gasteiger partial charge in [0.15, 0.2) is 29.3 Å². The predicted molar refractivity (Wildman–Crippen MR) is 166 cm³/mol. The maximum atomic E-state index is 11.3. The second kappa shape index (κ2) is 14.8. The van der Waals surface area contributed by atoms with Gasteiger partial charge in [-0.3, -0.25) is 0 Å². The van der Waals surface area contributed by atoms with Crippen molar-refractivity contribution in [3.8, 4) is 34.5 Å². The third kappa shape index (κ3) is 6.41. The molecule has 7 N–H and O–H groups in total. The lowest BCUT2D eigenvalue weighted by atomic mass is 9.84. The zero-order valence-corrected chi connectivity index (χ0v) is 27.9. The molecule has 4 saturated heterocycles. The van der Waals surface area contributed by atoms with Gasteiger partial charge in [-0.15, -0.1) is 0 Å². The number of phenols is 1. The molecule has 12 atom stereocenters. The fourth-order valence-electron chi connectivity index (χ4n) is 6.98. The molecule has 2 aromatic rings. The minimum Gasteiger partial charge on any atom is -0.502 e. The largest absolute Gasteiger partial charge is 0.502 e. The van der Waals surface area contributed by atoms with E-state index in [4.69, 9.17) is 47.4 Å². The molecule has 0 radical (unpaired) electrons. The van der Waals surface area contributed by atoms with Crippen molar-refractivity contribution in [2.24, 2.45) is 11.8 Å². The van der Waals surface area contributed by atoms with Gasteiger partial charge in [0.1, 0.15) is 36.1 Å². The number of aromatic hydroxyl groups is 1. The van der Waals surface area contributed by atoms with E-state index in [1.165, 1.54) is 28.4 Å². The average molecular weight is 713 g/mol. The van der Waals surface area contributed by atoms with E-state index in [0.29, 0.717) is 18.8 Å². The van der Waals surface area contributed by atoms with Crippen molar-refractivity contribution in [1.82, 2.24) is 0 Å². The molecule has 4 aliphatic rings. The van der Waals surface area contributed by atoms with Crippen LogP contribution in [-0.4, -0.2) is 146 Å². The first-order valence-corrected chi connectivity index (χ1v) is 16.0. The average Bonchev–Trinajstić information content (AvgIpc) is 3.82. The monoisotopic (exact) mass is 712 g/mol. The molecule has 0 aromatic heterocycles. The van der Waals surface area contributed by atoms with Crippen LogP contribution in [0.2, 0.25) is 0 Å². The second-order valence-corrected chi connectivity index (χ2v) is 12.7. The molecular weight excluding hydrogens is 668 g/mol. The minimum absolute atomic E-state index is 0.0276. The number of aliphatic hydroxyl groups excluding tert-OH is 5. The Balaban J connectivity index is 1.22. The van der Waals surface area contributed by atoms with Crippen LogP contribution >= 0.6 is 0 Å². The standard InChI is InChI=1S/C33H44O17/c1-41-18-5-14(6-19(42-2)23(18)36)26-16-10-46-27(17(16)11-45-26)15-7-20(43-3)28(21(8-15)44-4)49-31-25(38)29(24(37)22(9-34)48-31)50-32-30(39)33(40,12-35)13-47-32/h5-8,16-17,22,24-27,29-32,34-40H,9-13H2,1-4H3/t16?,17?,22?,24?,25?,26?,27?,29?,30?,31?,32?,33-/m1/s1. The van der Waals surface area contributed by atoms with E-state index in [-0.39, 0.29) is 52.4 Å². The number of benzene rings is 2. The third-order valence-corrected chi connectivity index (χ3v) is 9.83. The fourth-order valence-corrected chi connectivity index (χ4v) is 6.98. The number of fused-ring (bicyclic) bond motifs is 1. The topological polar surface area (TPSA) is 234 Å². The summed E-state index contributed by atoms with van der Waals surface area (Å²) >= 11 is 0. The van der Waals surface area contributed by atoms with Gasteiger partial charge < -0.3 is 83.1 Å². The number of hydrogen-bond donors (Lipinski definition) is 7. The van der Waals surface area contributed by atoms with Gasteiger partial charge in [0.2, 0.25) is 17.8 Å². The number of hydrogen-bond acceptors (Lipinski definition) is 17. The number of ether oxygens (including phenoxy) is 10. The Kier molecular flexibility index (Phi) is 10.8. The smallest absolute Gasteiger partial charge is 0.229 e. The molecule has 4 heterocycles. The third-order valence-electron chi connectivity index (χ3n) is 9.83. The van der Waals surface area contributed by atoms with E-state index in [1.807, 2.05) is 0 Å². The van der Waals surface area contributed by atoms with Gasteiger partial charge in [0.05, 0.1) is 73.7 Å². The molecule has 6 rings (SSSR count). The summed E-state index contributed by atoms with van der Waals surface area (Å²) in [5.41, 5.74) is -0.547. The van der Waals surface area contributed by atoms with Crippen LogP contribution in [-0.2, 0) is 23.7 Å². The Morgan fingerprint density at radius 3 is 1.72 bits per heavy atom. The van der Waals surface area contributed by atoms with Crippen LogP contribution in [0.5, 0.6) is 34.5 Å². The lowest BCUT2D eigenvalue weighted by Crippen LogP contribution is -2.62. The molecule has 0 bridgehead atoms. The molecule has 4 fully saturated rings. The van der Waals surface area contributed by atoms with E-state index in [0.717, 1.165) is 5.56 Å². The summed E-state index contributed by atoms with van der Waals surface area (Å²) in [6.07, 6.45) is -11.7. The van der Waals surface area contributed by atoms with Crippen LogP contribution in [0.1, 0.15) is 23.3 Å². The quantitative estimate of drug-likeness (QED) is 0.142. The highest BCUT2D eigenvalue weighted by Gasteiger charge is 2.54. The van der Waals surface area contributed by atoms with Gasteiger partial charge in [0.25, 0.3) is 0 Å². The van der Waals surface area contributed by atoms with Gasteiger partial charge in [0, 0.05) is 11.8 Å². The highest BCUT2D eigenvalue weighted by molar-refractivity contribution is 5.55. The SMILES string of the molecule is COc1cc(C2OCC3C(c4cc(OC)c(OC5OC(CO)C(O)C(OC6OC[C@](O)(CO)C6O)C5O)c(OC)c4)OCC23)cc(OC)c1O. The van der Waals surface area contributed by atoms with Gasteiger partial charge >= 0.3 is 0 Å². The molecule has 17 heteroatoms. The molecule has 0 spiro atoms. The van der Waals surface area contributed by atoms with Gasteiger partial charge in [-0.1, -0.05) is 0 Å². The van der Waals surface area contributed by atoms with Crippen molar-refractivity contribution in [1.29, 1.82) is 0 Å². The lowest BCUT2D eigenvalue weighted by Gasteiger charge is -2.42. The normalized spacial score (nSPS) is 36.6. The van der Waals surface area contributed by atoms with E-state index < -0.39 is 74.6 Å². The Bertz CT molecular complexity index is 1440. The highest BCUT2D eigenvalue weighted by atomic mass is 16.7. The van der Waals surface area contributed by atoms with Crippen molar-refractivity contribution in [3.05, 3.63) is 35.4 Å². The van der Waals surface area contributed by atoms with Gasteiger partial charge in [-0.05, 0) is 35.4 Å². The summed E-state index contributed by atoms with van der Waals surface area (Å²) in [6.45, 7) is -1.23. The second-order valence-electron chi connectivity index (χ2n) is 12.7. The number of phenolic OH excluding ortho intramolecular Hbond substituents is 1. The van der Waals surface area contributed by atoms with E-state index in [1.54, 1.807) is 24.3 Å². The number of aliphatic hydroxyl groups is 6. The minimum atomic E-state index is -2.01. The Labute approximate surface area is 287 Å². The first-order chi connectivity index (χ1) is 24.0. The molecule has 50 heavy (non-hydrogen) atoms. The molecule has 2 aromatic carbocycles. The zero-order chi connectivity index (χ0) is 35.9. The van der Waals surface area contributed by atoms with Crippen molar-refractivity contribution in [3.63, 3.8) is 0 Å². The Hall–Kier alpha value is -3.20. The van der Waals surface area contributed by atoms with E-state index in [9.17, 15) is 35.7 Å². The molecule has 11 unspecified atom stereocenters. The Morgan fingerprint density at radius 1 is 0.740 bits per heavy atom. The molecule has 4 aliphatic heterocycles. The first-order valence-electron chi connectivity index (χ1n) is 16.0. The van der Waals surface area contributed by atoms with Crippen molar-refractivity contribution >= 4 is 0 Å². The summed E-state index contributed by atoms with van der Waals surface area (Å²) in [5, 5.41) is 72.7. The molecule has 17 nitrogen and oxygen atoms in total. The Morgan fingerprint density at radius 2 is 1.26 bits per heavy atom. The highest BCUT2D eigenvalue weighted by Crippen LogP contribution is 2.53. The first kappa shape index (κ1) is 36.6. The molecular formula is C33H44O17. The fraction of sp³-hybridized carbons (Fsp3) is 0.636. The van der Waals surface area contributed by atoms with Crippen LogP contribution in [0.3, 0.4) is 0 Å². The van der Waals surface area contributed by atoms with Crippen LogP contribution < -0.4 is 23.7 Å². The molecule has 0 amide bonds. The van der Waals surface area contributed by atoms with Crippen LogP contribution in [0.4, 0.5) is 0 Å². The van der Waals surface area contributed by atoms with Crippen molar-refractivity contribution in [2.75, 3.05) is 61.5 Å². The molecule has 278 valence electrons. The van der Waals surface area contributed by atoms with E-state index >= 15 is 0 Å². The van der Waals surface area contributed by atoms with Crippen molar-refractivity contribution < 1.29 is 83.1 Å². The molecule has 0 saturated carbocycles. The van der Waals surface area contributed by atoms with Gasteiger partial charge in [-0.25, -0.2) is 0 Å². The zero-order valence-electron chi connectivity index (χ0n) is 27.9.